The molecule has 0 fully saturated rings. The number of alkyl halides is 3. The topological polar surface area (TPSA) is 69.2 Å². The van der Waals surface area contributed by atoms with Gasteiger partial charge in [0.25, 0.3) is 0 Å². The molecule has 35 heavy (non-hydrogen) atoms. The van der Waals surface area contributed by atoms with Gasteiger partial charge in [0.2, 0.25) is 0 Å². The minimum absolute atomic E-state index is 0. The van der Waals surface area contributed by atoms with Crippen molar-refractivity contribution in [3.05, 3.63) is 102 Å². The van der Waals surface area contributed by atoms with Crippen molar-refractivity contribution in [2.75, 3.05) is 0 Å². The van der Waals surface area contributed by atoms with Crippen LogP contribution in [0.5, 0.6) is 5.75 Å². The first-order valence-electron chi connectivity index (χ1n) is 9.91. The fourth-order valence-electron chi connectivity index (χ4n) is 2.87. The number of hydrogen-bond donors (Lipinski definition) is 0. The summed E-state index contributed by atoms with van der Waals surface area (Å²) >= 11 is 0. The van der Waals surface area contributed by atoms with Gasteiger partial charge in [-0.15, -0.1) is 53.6 Å². The van der Waals surface area contributed by atoms with Crippen molar-refractivity contribution in [3.63, 3.8) is 0 Å². The van der Waals surface area contributed by atoms with Crippen LogP contribution in [0.15, 0.2) is 79.0 Å². The Labute approximate surface area is 215 Å². The average Bonchev–Trinajstić information content (AvgIpc) is 2.79. The first kappa shape index (κ1) is 28.2. The Bertz CT molecular complexity index is 1330. The fraction of sp³-hybridized carbons (Fsp3) is 0.120. The van der Waals surface area contributed by atoms with Gasteiger partial charge in [-0.1, -0.05) is 35.9 Å². The van der Waals surface area contributed by atoms with Gasteiger partial charge in [0.05, 0.1) is 5.75 Å². The van der Waals surface area contributed by atoms with Crippen molar-refractivity contribution in [3.8, 4) is 28.3 Å². The Hall–Kier alpha value is -3.07. The zero-order valence-electron chi connectivity index (χ0n) is 18.5. The number of benzene rings is 2. The molecule has 2 aromatic heterocycles. The normalized spacial score (nSPS) is 11.0. The first-order chi connectivity index (χ1) is 16.0. The molecule has 0 saturated heterocycles. The smallest absolute Gasteiger partial charge is 0.396 e. The SMILES string of the molecule is Cc1cc(C)nc(-c2[c-]cccc2)c1.O=S(=O)(Oc1cc[c-]c(-c2ccccn2)c1)C(F)(F)F.[Ir]. The Balaban J connectivity index is 0.000000254. The molecular formula is C25H19F3IrN2O3S-2. The van der Waals surface area contributed by atoms with Crippen molar-refractivity contribution >= 4 is 10.1 Å². The molecule has 4 aromatic rings. The van der Waals surface area contributed by atoms with E-state index >= 15 is 0 Å². The quantitative estimate of drug-likeness (QED) is 0.152. The van der Waals surface area contributed by atoms with Crippen LogP contribution in [0.3, 0.4) is 0 Å². The van der Waals surface area contributed by atoms with Gasteiger partial charge < -0.3 is 14.2 Å². The molecule has 5 nitrogen and oxygen atoms in total. The van der Waals surface area contributed by atoms with Crippen LogP contribution in [0.4, 0.5) is 13.2 Å². The molecule has 1 radical (unpaired) electrons. The molecule has 0 amide bonds. The van der Waals surface area contributed by atoms with Crippen LogP contribution in [0.2, 0.25) is 0 Å². The molecule has 4 rings (SSSR count). The monoisotopic (exact) mass is 677 g/mol. The summed E-state index contributed by atoms with van der Waals surface area (Å²) in [5.41, 5.74) is -0.371. The van der Waals surface area contributed by atoms with E-state index in [0.717, 1.165) is 29.1 Å². The number of hydrogen-bond acceptors (Lipinski definition) is 5. The third kappa shape index (κ3) is 7.99. The number of pyridine rings is 2. The molecule has 0 saturated carbocycles. The number of nitrogens with zero attached hydrogens (tertiary/aromatic N) is 2. The zero-order chi connectivity index (χ0) is 24.8. The van der Waals surface area contributed by atoms with Crippen LogP contribution in [-0.2, 0) is 30.2 Å². The standard InChI is InChI=1S/C13H12N.C12H7F3NO3S.Ir/c1-10-8-11(2)14-13(9-10)12-6-4-3-5-7-12;13-12(14,15)20(17,18)19-10-5-3-4-9(8-10)11-6-1-2-7-16-11;/h3-6,8-9H,1-2H3;1-3,5-8H;/q2*-1;. The van der Waals surface area contributed by atoms with Crippen LogP contribution < -0.4 is 4.18 Å². The van der Waals surface area contributed by atoms with Crippen LogP contribution in [0.25, 0.3) is 22.5 Å². The largest absolute Gasteiger partial charge is 0.534 e. The predicted octanol–water partition coefficient (Wildman–Crippen LogP) is 5.94. The van der Waals surface area contributed by atoms with Crippen molar-refractivity contribution < 1.29 is 45.9 Å². The molecule has 0 N–H and O–H groups in total. The maximum absolute atomic E-state index is 12.2. The molecule has 0 unspecified atom stereocenters. The molecule has 0 atom stereocenters. The van der Waals surface area contributed by atoms with Crippen LogP contribution in [0, 0.1) is 26.0 Å². The molecule has 0 aliphatic heterocycles. The van der Waals surface area contributed by atoms with Crippen LogP contribution >= 0.6 is 0 Å². The number of aromatic nitrogens is 2. The van der Waals surface area contributed by atoms with Gasteiger partial charge >= 0.3 is 15.6 Å². The van der Waals surface area contributed by atoms with Crippen LogP contribution in [-0.4, -0.2) is 23.9 Å². The summed E-state index contributed by atoms with van der Waals surface area (Å²) in [6, 6.07) is 26.4. The molecule has 0 aliphatic carbocycles. The molecular weight excluding hydrogens is 658 g/mol. The molecule has 2 heterocycles. The number of rotatable bonds is 4. The van der Waals surface area contributed by atoms with E-state index in [1.54, 1.807) is 18.2 Å². The van der Waals surface area contributed by atoms with E-state index in [9.17, 15) is 21.6 Å². The Kier molecular flexibility index (Phi) is 9.71. The summed E-state index contributed by atoms with van der Waals surface area (Å²) in [7, 11) is -5.68. The summed E-state index contributed by atoms with van der Waals surface area (Å²) in [6.07, 6.45) is 1.49. The maximum atomic E-state index is 12.2. The van der Waals surface area contributed by atoms with E-state index in [2.05, 4.69) is 45.3 Å². The van der Waals surface area contributed by atoms with Crippen molar-refractivity contribution in [2.45, 2.75) is 19.4 Å². The Morgan fingerprint density at radius 1 is 0.857 bits per heavy atom. The molecule has 0 bridgehead atoms. The summed E-state index contributed by atoms with van der Waals surface area (Å²) < 4.78 is 62.4. The Morgan fingerprint density at radius 2 is 1.57 bits per heavy atom. The second kappa shape index (κ2) is 12.1. The van der Waals surface area contributed by atoms with E-state index in [-0.39, 0.29) is 20.1 Å². The second-order valence-corrected chi connectivity index (χ2v) is 8.62. The number of aryl methyl sites for hydroxylation is 2. The summed E-state index contributed by atoms with van der Waals surface area (Å²) in [5.74, 6) is -0.457. The van der Waals surface area contributed by atoms with Gasteiger partial charge in [-0.2, -0.15) is 21.6 Å². The Morgan fingerprint density at radius 3 is 2.17 bits per heavy atom. The van der Waals surface area contributed by atoms with Crippen LogP contribution in [0.1, 0.15) is 11.3 Å². The minimum atomic E-state index is -5.68. The molecule has 10 heteroatoms. The second-order valence-electron chi connectivity index (χ2n) is 7.08. The summed E-state index contributed by atoms with van der Waals surface area (Å²) in [6.45, 7) is 4.10. The molecule has 0 spiro atoms. The molecule has 185 valence electrons. The van der Waals surface area contributed by atoms with Gasteiger partial charge in [0.1, 0.15) is 0 Å². The zero-order valence-corrected chi connectivity index (χ0v) is 21.7. The molecule has 2 aromatic carbocycles. The van der Waals surface area contributed by atoms with Gasteiger partial charge in [0.15, 0.2) is 0 Å². The third-order valence-corrected chi connectivity index (χ3v) is 5.26. The summed E-state index contributed by atoms with van der Waals surface area (Å²) in [4.78, 5) is 8.45. The van der Waals surface area contributed by atoms with Gasteiger partial charge in [-0.05, 0) is 37.4 Å². The van der Waals surface area contributed by atoms with Crippen molar-refractivity contribution in [2.24, 2.45) is 0 Å². The fourth-order valence-corrected chi connectivity index (χ4v) is 3.32. The van der Waals surface area contributed by atoms with Gasteiger partial charge in [0, 0.05) is 32.0 Å². The maximum Gasteiger partial charge on any atom is 0.534 e. The third-order valence-electron chi connectivity index (χ3n) is 4.29. The summed E-state index contributed by atoms with van der Waals surface area (Å²) in [5, 5.41) is 0. The molecule has 0 aliphatic rings. The van der Waals surface area contributed by atoms with E-state index in [1.165, 1.54) is 17.8 Å². The van der Waals surface area contributed by atoms with Crippen molar-refractivity contribution in [1.29, 1.82) is 0 Å². The minimum Gasteiger partial charge on any atom is -0.396 e. The van der Waals surface area contributed by atoms with E-state index in [4.69, 9.17) is 0 Å². The average molecular weight is 677 g/mol. The van der Waals surface area contributed by atoms with E-state index < -0.39 is 21.4 Å². The van der Waals surface area contributed by atoms with Gasteiger partial charge in [-0.25, -0.2) is 0 Å². The van der Waals surface area contributed by atoms with Crippen molar-refractivity contribution in [1.82, 2.24) is 9.97 Å². The first-order valence-corrected chi connectivity index (χ1v) is 11.3. The predicted molar refractivity (Wildman–Crippen MR) is 122 cm³/mol. The van der Waals surface area contributed by atoms with E-state index in [1.807, 2.05) is 31.2 Å². The van der Waals surface area contributed by atoms with Gasteiger partial charge in [-0.3, -0.25) is 0 Å². The van der Waals surface area contributed by atoms with E-state index in [0.29, 0.717) is 11.3 Å². The number of halogens is 3.